The Balaban J connectivity index is 2.06. The van der Waals surface area contributed by atoms with Crippen molar-refractivity contribution in [2.75, 3.05) is 13.2 Å². The van der Waals surface area contributed by atoms with Crippen LogP contribution < -0.4 is 14.8 Å². The normalized spacial score (nSPS) is 11.5. The van der Waals surface area contributed by atoms with E-state index in [2.05, 4.69) is 5.32 Å². The molecule has 0 bridgehead atoms. The zero-order valence-electron chi connectivity index (χ0n) is 15.1. The molecule has 6 nitrogen and oxygen atoms in total. The molecular weight excluding hydrogens is 334 g/mol. The lowest BCUT2D eigenvalue weighted by Gasteiger charge is -2.17. The predicted molar refractivity (Wildman–Crippen MR) is 97.5 cm³/mol. The summed E-state index contributed by atoms with van der Waals surface area (Å²) in [6.45, 7) is 5.78. The van der Waals surface area contributed by atoms with E-state index < -0.39 is 17.9 Å². The van der Waals surface area contributed by atoms with Crippen molar-refractivity contribution in [2.24, 2.45) is 0 Å². The van der Waals surface area contributed by atoms with Crippen molar-refractivity contribution in [3.05, 3.63) is 59.2 Å². The van der Waals surface area contributed by atoms with Crippen molar-refractivity contribution in [3.63, 3.8) is 0 Å². The molecule has 2 aromatic rings. The zero-order valence-corrected chi connectivity index (χ0v) is 15.1. The first-order chi connectivity index (χ1) is 12.4. The van der Waals surface area contributed by atoms with Crippen molar-refractivity contribution in [3.8, 4) is 11.5 Å². The van der Waals surface area contributed by atoms with Crippen molar-refractivity contribution < 1.29 is 24.2 Å². The third kappa shape index (κ3) is 5.24. The molecule has 0 aliphatic heterocycles. The van der Waals surface area contributed by atoms with Gasteiger partial charge in [0.05, 0.1) is 6.61 Å². The van der Waals surface area contributed by atoms with Crippen molar-refractivity contribution in [1.29, 1.82) is 0 Å². The molecule has 6 heteroatoms. The van der Waals surface area contributed by atoms with Crippen LogP contribution in [0.25, 0.3) is 0 Å². The second-order valence-corrected chi connectivity index (χ2v) is 5.93. The minimum Gasteiger partial charge on any atom is -0.490 e. The van der Waals surface area contributed by atoms with E-state index in [0.29, 0.717) is 23.7 Å². The van der Waals surface area contributed by atoms with Crippen LogP contribution in [0.4, 0.5) is 0 Å². The maximum Gasteiger partial charge on any atom is 0.330 e. The standard InChI is InChI=1S/C20H23NO5/c1-4-25-16-7-5-6-8-17(16)26-12-18(22)21-19(20(23)24)15-10-13(2)9-14(3)11-15/h5-11,19H,4,12H2,1-3H3,(H,21,22)(H,23,24). The summed E-state index contributed by atoms with van der Waals surface area (Å²) < 4.78 is 10.9. The molecule has 0 heterocycles. The highest BCUT2D eigenvalue weighted by atomic mass is 16.5. The molecular formula is C20H23NO5. The number of carbonyl (C=O) groups is 2. The van der Waals surface area contributed by atoms with E-state index in [9.17, 15) is 14.7 Å². The van der Waals surface area contributed by atoms with Gasteiger partial charge in [0.1, 0.15) is 0 Å². The van der Waals surface area contributed by atoms with Gasteiger partial charge in [-0.15, -0.1) is 0 Å². The van der Waals surface area contributed by atoms with Gasteiger partial charge in [-0.05, 0) is 38.5 Å². The van der Waals surface area contributed by atoms with Crippen molar-refractivity contribution in [1.82, 2.24) is 5.32 Å². The zero-order chi connectivity index (χ0) is 19.1. The third-order valence-corrected chi connectivity index (χ3v) is 3.64. The van der Waals surface area contributed by atoms with E-state index >= 15 is 0 Å². The predicted octanol–water partition coefficient (Wildman–Crippen LogP) is 3.02. The lowest BCUT2D eigenvalue weighted by atomic mass is 10.0. The van der Waals surface area contributed by atoms with Crippen molar-refractivity contribution >= 4 is 11.9 Å². The highest BCUT2D eigenvalue weighted by Crippen LogP contribution is 2.26. The van der Waals surface area contributed by atoms with Gasteiger partial charge in [0.15, 0.2) is 24.1 Å². The van der Waals surface area contributed by atoms with Crippen LogP contribution in [0.3, 0.4) is 0 Å². The minimum absolute atomic E-state index is 0.307. The number of hydrogen-bond acceptors (Lipinski definition) is 4. The number of aryl methyl sites for hydroxylation is 2. The van der Waals surface area contributed by atoms with Crippen LogP contribution in [-0.2, 0) is 9.59 Å². The molecule has 2 aromatic carbocycles. The first kappa shape index (κ1) is 19.3. The van der Waals surface area contributed by atoms with E-state index in [0.717, 1.165) is 11.1 Å². The highest BCUT2D eigenvalue weighted by molar-refractivity contribution is 5.85. The molecule has 1 amide bonds. The summed E-state index contributed by atoms with van der Waals surface area (Å²) in [4.78, 5) is 23.8. The summed E-state index contributed by atoms with van der Waals surface area (Å²) in [6, 6.07) is 11.3. The fourth-order valence-electron chi connectivity index (χ4n) is 2.65. The van der Waals surface area contributed by atoms with Gasteiger partial charge in [0, 0.05) is 0 Å². The number of rotatable bonds is 8. The van der Waals surface area contributed by atoms with E-state index in [4.69, 9.17) is 9.47 Å². The summed E-state index contributed by atoms with van der Waals surface area (Å²) >= 11 is 0. The van der Waals surface area contributed by atoms with Gasteiger partial charge in [-0.3, -0.25) is 4.79 Å². The topological polar surface area (TPSA) is 84.9 Å². The number of aliphatic carboxylic acids is 1. The Morgan fingerprint density at radius 2 is 1.62 bits per heavy atom. The second kappa shape index (κ2) is 8.89. The Labute approximate surface area is 152 Å². The maximum absolute atomic E-state index is 12.2. The fourth-order valence-corrected chi connectivity index (χ4v) is 2.65. The van der Waals surface area contributed by atoms with Crippen LogP contribution in [0.1, 0.15) is 29.7 Å². The Morgan fingerprint density at radius 3 is 2.15 bits per heavy atom. The molecule has 0 radical (unpaired) electrons. The van der Waals surface area contributed by atoms with Gasteiger partial charge in [0.25, 0.3) is 5.91 Å². The second-order valence-electron chi connectivity index (χ2n) is 5.93. The van der Waals surface area contributed by atoms with Crippen LogP contribution in [-0.4, -0.2) is 30.2 Å². The summed E-state index contributed by atoms with van der Waals surface area (Å²) in [5.74, 6) is -0.685. The molecule has 1 atom stereocenters. The van der Waals surface area contributed by atoms with E-state index in [1.165, 1.54) is 0 Å². The Kier molecular flexibility index (Phi) is 6.60. The van der Waals surface area contributed by atoms with E-state index in [-0.39, 0.29) is 6.61 Å². The first-order valence-corrected chi connectivity index (χ1v) is 8.35. The molecule has 26 heavy (non-hydrogen) atoms. The molecule has 0 aliphatic rings. The van der Waals surface area contributed by atoms with Gasteiger partial charge in [-0.25, -0.2) is 4.79 Å². The molecule has 1 unspecified atom stereocenters. The molecule has 0 aliphatic carbocycles. The van der Waals surface area contributed by atoms with Crippen LogP contribution >= 0.6 is 0 Å². The van der Waals surface area contributed by atoms with Gasteiger partial charge in [-0.2, -0.15) is 0 Å². The maximum atomic E-state index is 12.2. The summed E-state index contributed by atoms with van der Waals surface area (Å²) in [7, 11) is 0. The van der Waals surface area contributed by atoms with Gasteiger partial charge >= 0.3 is 5.97 Å². The van der Waals surface area contributed by atoms with Crippen LogP contribution in [0.5, 0.6) is 11.5 Å². The molecule has 138 valence electrons. The number of carbonyl (C=O) groups excluding carboxylic acids is 1. The monoisotopic (exact) mass is 357 g/mol. The number of amides is 1. The summed E-state index contributed by atoms with van der Waals surface area (Å²) in [6.07, 6.45) is 0. The average molecular weight is 357 g/mol. The molecule has 0 saturated heterocycles. The summed E-state index contributed by atoms with van der Waals surface area (Å²) in [5, 5.41) is 12.0. The number of benzene rings is 2. The number of para-hydroxylation sites is 2. The largest absolute Gasteiger partial charge is 0.490 e. The molecule has 2 rings (SSSR count). The molecule has 0 fully saturated rings. The van der Waals surface area contributed by atoms with E-state index in [1.54, 1.807) is 36.4 Å². The van der Waals surface area contributed by atoms with Crippen LogP contribution in [0.2, 0.25) is 0 Å². The molecule has 0 saturated carbocycles. The summed E-state index contributed by atoms with van der Waals surface area (Å²) in [5.41, 5.74) is 2.39. The Bertz CT molecular complexity index is 767. The van der Waals surface area contributed by atoms with Gasteiger partial charge in [0.2, 0.25) is 0 Å². The number of ether oxygens (including phenoxy) is 2. The Morgan fingerprint density at radius 1 is 1.04 bits per heavy atom. The lowest BCUT2D eigenvalue weighted by Crippen LogP contribution is -2.36. The van der Waals surface area contributed by atoms with Gasteiger partial charge < -0.3 is 19.9 Å². The van der Waals surface area contributed by atoms with Crippen LogP contribution in [0, 0.1) is 13.8 Å². The number of carboxylic acid groups (broad SMARTS) is 1. The Hall–Kier alpha value is -3.02. The number of carboxylic acids is 1. The van der Waals surface area contributed by atoms with E-state index in [1.807, 2.05) is 26.8 Å². The average Bonchev–Trinajstić information content (AvgIpc) is 2.58. The quantitative estimate of drug-likeness (QED) is 0.759. The number of nitrogens with one attached hydrogen (secondary N) is 1. The molecule has 2 N–H and O–H groups in total. The third-order valence-electron chi connectivity index (χ3n) is 3.64. The van der Waals surface area contributed by atoms with Gasteiger partial charge in [-0.1, -0.05) is 41.5 Å². The molecule has 0 aromatic heterocycles. The molecule has 0 spiro atoms. The smallest absolute Gasteiger partial charge is 0.330 e. The number of hydrogen-bond donors (Lipinski definition) is 2. The van der Waals surface area contributed by atoms with Crippen LogP contribution in [0.15, 0.2) is 42.5 Å². The first-order valence-electron chi connectivity index (χ1n) is 8.35. The fraction of sp³-hybridized carbons (Fsp3) is 0.300. The highest BCUT2D eigenvalue weighted by Gasteiger charge is 2.23. The van der Waals surface area contributed by atoms with Crippen molar-refractivity contribution in [2.45, 2.75) is 26.8 Å². The lowest BCUT2D eigenvalue weighted by molar-refractivity contribution is -0.142. The SMILES string of the molecule is CCOc1ccccc1OCC(=O)NC(C(=O)O)c1cc(C)cc(C)c1. The minimum atomic E-state index is -1.13.